The summed E-state index contributed by atoms with van der Waals surface area (Å²) in [5.74, 6) is 0. The third-order valence-electron chi connectivity index (χ3n) is 2.44. The van der Waals surface area contributed by atoms with E-state index < -0.39 is 0 Å². The zero-order valence-corrected chi connectivity index (χ0v) is 9.72. The van der Waals surface area contributed by atoms with Crippen LogP contribution < -0.4 is 5.73 Å². The van der Waals surface area contributed by atoms with Crippen molar-refractivity contribution in [3.8, 4) is 5.69 Å². The maximum absolute atomic E-state index is 5.84. The second-order valence-corrected chi connectivity index (χ2v) is 4.21. The van der Waals surface area contributed by atoms with Crippen LogP contribution in [-0.2, 0) is 6.42 Å². The van der Waals surface area contributed by atoms with Crippen molar-refractivity contribution in [3.05, 3.63) is 47.8 Å². The second kappa shape index (κ2) is 4.49. The van der Waals surface area contributed by atoms with E-state index >= 15 is 0 Å². The molecule has 1 atom stereocenters. The molecule has 0 amide bonds. The maximum Gasteiger partial charge on any atom is 0.0648 e. The number of benzene rings is 1. The summed E-state index contributed by atoms with van der Waals surface area (Å²) in [5, 5.41) is 4.50. The third kappa shape index (κ3) is 2.31. The van der Waals surface area contributed by atoms with Crippen molar-refractivity contribution in [2.75, 3.05) is 0 Å². The first-order chi connectivity index (χ1) is 7.66. The molecule has 0 aliphatic rings. The molecular weight excluding hydrogens is 198 g/mol. The van der Waals surface area contributed by atoms with Crippen molar-refractivity contribution in [2.24, 2.45) is 5.73 Å². The van der Waals surface area contributed by atoms with E-state index in [0.29, 0.717) is 0 Å². The molecule has 0 radical (unpaired) electrons. The summed E-state index contributed by atoms with van der Waals surface area (Å²) in [6.07, 6.45) is 0.843. The minimum atomic E-state index is 0.151. The van der Waals surface area contributed by atoms with E-state index in [1.54, 1.807) is 0 Å². The average molecular weight is 215 g/mol. The van der Waals surface area contributed by atoms with Crippen LogP contribution in [0, 0.1) is 6.92 Å². The molecule has 2 aromatic rings. The number of hydrogen-bond acceptors (Lipinski definition) is 2. The highest BCUT2D eigenvalue weighted by Gasteiger charge is 2.08. The summed E-state index contributed by atoms with van der Waals surface area (Å²) in [6.45, 7) is 4.02. The Bertz CT molecular complexity index is 457. The summed E-state index contributed by atoms with van der Waals surface area (Å²) >= 11 is 0. The van der Waals surface area contributed by atoms with Gasteiger partial charge >= 0.3 is 0 Å². The lowest BCUT2D eigenvalue weighted by atomic mass is 10.2. The van der Waals surface area contributed by atoms with Crippen LogP contribution in [0.15, 0.2) is 36.4 Å². The average Bonchev–Trinajstić information content (AvgIpc) is 2.60. The predicted octanol–water partition coefficient (Wildman–Crippen LogP) is 2.07. The predicted molar refractivity (Wildman–Crippen MR) is 65.7 cm³/mol. The van der Waals surface area contributed by atoms with Gasteiger partial charge in [0.1, 0.15) is 0 Å². The molecule has 1 aromatic carbocycles. The fourth-order valence-corrected chi connectivity index (χ4v) is 1.82. The van der Waals surface area contributed by atoms with E-state index in [4.69, 9.17) is 5.73 Å². The van der Waals surface area contributed by atoms with Crippen molar-refractivity contribution < 1.29 is 0 Å². The Hall–Kier alpha value is -1.61. The van der Waals surface area contributed by atoms with Crippen LogP contribution in [0.1, 0.15) is 18.3 Å². The zero-order chi connectivity index (χ0) is 11.5. The van der Waals surface area contributed by atoms with Crippen molar-refractivity contribution in [2.45, 2.75) is 26.3 Å². The number of aryl methyl sites for hydroxylation is 1. The Morgan fingerprint density at radius 1 is 1.31 bits per heavy atom. The van der Waals surface area contributed by atoms with Gasteiger partial charge in [0.2, 0.25) is 0 Å². The fraction of sp³-hybridized carbons (Fsp3) is 0.308. The molecule has 16 heavy (non-hydrogen) atoms. The van der Waals surface area contributed by atoms with Crippen molar-refractivity contribution in [1.29, 1.82) is 0 Å². The summed E-state index contributed by atoms with van der Waals surface area (Å²) in [7, 11) is 0. The van der Waals surface area contributed by atoms with Gasteiger partial charge in [0.05, 0.1) is 11.4 Å². The molecule has 3 heteroatoms. The van der Waals surface area contributed by atoms with Crippen molar-refractivity contribution >= 4 is 0 Å². The molecule has 0 saturated heterocycles. The van der Waals surface area contributed by atoms with Gasteiger partial charge in [0, 0.05) is 18.2 Å². The molecule has 0 spiro atoms. The first-order valence-electron chi connectivity index (χ1n) is 5.53. The van der Waals surface area contributed by atoms with Gasteiger partial charge in [-0.3, -0.25) is 0 Å². The van der Waals surface area contributed by atoms with Crippen LogP contribution in [0.2, 0.25) is 0 Å². The molecule has 1 heterocycles. The summed E-state index contributed by atoms with van der Waals surface area (Å²) in [4.78, 5) is 0. The fourth-order valence-electron chi connectivity index (χ4n) is 1.82. The number of para-hydroxylation sites is 1. The smallest absolute Gasteiger partial charge is 0.0648 e. The van der Waals surface area contributed by atoms with E-state index in [0.717, 1.165) is 17.8 Å². The molecule has 0 saturated carbocycles. The topological polar surface area (TPSA) is 43.8 Å². The molecule has 1 aromatic heterocycles. The molecule has 0 aliphatic heterocycles. The van der Waals surface area contributed by atoms with Gasteiger partial charge in [-0.1, -0.05) is 18.2 Å². The minimum Gasteiger partial charge on any atom is -0.328 e. The zero-order valence-electron chi connectivity index (χ0n) is 9.72. The quantitative estimate of drug-likeness (QED) is 0.851. The van der Waals surface area contributed by atoms with Crippen LogP contribution in [0.5, 0.6) is 0 Å². The van der Waals surface area contributed by atoms with E-state index in [9.17, 15) is 0 Å². The van der Waals surface area contributed by atoms with E-state index in [2.05, 4.69) is 23.3 Å². The van der Waals surface area contributed by atoms with Gasteiger partial charge in [-0.25, -0.2) is 4.68 Å². The molecule has 84 valence electrons. The van der Waals surface area contributed by atoms with Crippen LogP contribution in [-0.4, -0.2) is 15.8 Å². The number of nitrogens with two attached hydrogens (primary N) is 1. The summed E-state index contributed by atoms with van der Waals surface area (Å²) in [6, 6.07) is 12.4. The van der Waals surface area contributed by atoms with Gasteiger partial charge in [-0.2, -0.15) is 5.10 Å². The molecular formula is C13H17N3. The lowest BCUT2D eigenvalue weighted by molar-refractivity contribution is 0.687. The molecule has 0 fully saturated rings. The largest absolute Gasteiger partial charge is 0.328 e. The SMILES string of the molecule is Cc1cc(C[C@H](C)N)n(-c2ccccc2)n1. The van der Waals surface area contributed by atoms with Crippen molar-refractivity contribution in [3.63, 3.8) is 0 Å². The van der Waals surface area contributed by atoms with Crippen LogP contribution >= 0.6 is 0 Å². The molecule has 0 aliphatic carbocycles. The molecule has 3 nitrogen and oxygen atoms in total. The summed E-state index contributed by atoms with van der Waals surface area (Å²) in [5.41, 5.74) is 9.12. The standard InChI is InChI=1S/C13H17N3/c1-10(14)8-13-9-11(2)15-16(13)12-6-4-3-5-7-12/h3-7,9-10H,8,14H2,1-2H3/t10-/m0/s1. The van der Waals surface area contributed by atoms with E-state index in [1.807, 2.05) is 36.7 Å². The molecule has 0 unspecified atom stereocenters. The minimum absolute atomic E-state index is 0.151. The van der Waals surface area contributed by atoms with Gasteiger partial charge in [-0.05, 0) is 32.0 Å². The number of rotatable bonds is 3. The molecule has 2 N–H and O–H groups in total. The first kappa shape index (κ1) is 10.9. The van der Waals surface area contributed by atoms with Crippen LogP contribution in [0.25, 0.3) is 5.69 Å². The summed E-state index contributed by atoms with van der Waals surface area (Å²) < 4.78 is 1.97. The van der Waals surface area contributed by atoms with E-state index in [-0.39, 0.29) is 6.04 Å². The lowest BCUT2D eigenvalue weighted by Gasteiger charge is -2.08. The van der Waals surface area contributed by atoms with Gasteiger partial charge in [-0.15, -0.1) is 0 Å². The van der Waals surface area contributed by atoms with Gasteiger partial charge in [0.15, 0.2) is 0 Å². The first-order valence-corrected chi connectivity index (χ1v) is 5.53. The van der Waals surface area contributed by atoms with E-state index in [1.165, 1.54) is 5.69 Å². The maximum atomic E-state index is 5.84. The van der Waals surface area contributed by atoms with Gasteiger partial charge < -0.3 is 5.73 Å². The highest BCUT2D eigenvalue weighted by atomic mass is 15.3. The Morgan fingerprint density at radius 3 is 2.62 bits per heavy atom. The lowest BCUT2D eigenvalue weighted by Crippen LogP contribution is -2.19. The van der Waals surface area contributed by atoms with Crippen molar-refractivity contribution in [1.82, 2.24) is 9.78 Å². The highest BCUT2D eigenvalue weighted by Crippen LogP contribution is 2.13. The van der Waals surface area contributed by atoms with Crippen LogP contribution in [0.3, 0.4) is 0 Å². The normalized spacial score (nSPS) is 12.7. The Labute approximate surface area is 95.9 Å². The Kier molecular flexibility index (Phi) is 3.06. The molecule has 2 rings (SSSR count). The molecule has 0 bridgehead atoms. The second-order valence-electron chi connectivity index (χ2n) is 4.21. The number of aromatic nitrogens is 2. The Morgan fingerprint density at radius 2 is 2.00 bits per heavy atom. The Balaban J connectivity index is 2.40. The van der Waals surface area contributed by atoms with Crippen LogP contribution in [0.4, 0.5) is 0 Å². The third-order valence-corrected chi connectivity index (χ3v) is 2.44. The van der Waals surface area contributed by atoms with Gasteiger partial charge in [0.25, 0.3) is 0 Å². The monoisotopic (exact) mass is 215 g/mol. The highest BCUT2D eigenvalue weighted by molar-refractivity contribution is 5.33. The number of hydrogen-bond donors (Lipinski definition) is 1. The number of nitrogens with zero attached hydrogens (tertiary/aromatic N) is 2.